The van der Waals surface area contributed by atoms with Crippen molar-refractivity contribution in [1.29, 1.82) is 0 Å². The Kier molecular flexibility index (Phi) is 3.59. The Balaban J connectivity index is 1.97. The third kappa shape index (κ3) is 2.82. The van der Waals surface area contributed by atoms with Crippen LogP contribution in [-0.4, -0.2) is 17.6 Å². The van der Waals surface area contributed by atoms with Crippen molar-refractivity contribution >= 4 is 0 Å². The first-order valence-corrected chi connectivity index (χ1v) is 6.38. The standard InChI is InChI=1S/C14H22N2/c1-3-9-16-13(14(2)7-8-14)11-12-6-4-5-10-15-12/h4-6,10,13,16H,3,7-9,11H2,1-2H3. The van der Waals surface area contributed by atoms with Crippen molar-refractivity contribution in [2.45, 2.75) is 45.6 Å². The molecule has 0 aliphatic heterocycles. The van der Waals surface area contributed by atoms with Crippen LogP contribution >= 0.6 is 0 Å². The number of nitrogens with one attached hydrogen (secondary N) is 1. The summed E-state index contributed by atoms with van der Waals surface area (Å²) in [6, 6.07) is 6.79. The Morgan fingerprint density at radius 1 is 1.44 bits per heavy atom. The molecule has 1 fully saturated rings. The maximum Gasteiger partial charge on any atom is 0.0419 e. The number of nitrogens with zero attached hydrogens (tertiary/aromatic N) is 1. The monoisotopic (exact) mass is 218 g/mol. The first-order chi connectivity index (χ1) is 7.74. The lowest BCUT2D eigenvalue weighted by atomic mass is 9.94. The SMILES string of the molecule is CCCNC(Cc1ccccn1)C1(C)CC1. The van der Waals surface area contributed by atoms with Crippen LogP contribution in [0.25, 0.3) is 0 Å². The van der Waals surface area contributed by atoms with Gasteiger partial charge in [-0.3, -0.25) is 4.98 Å². The normalized spacial score (nSPS) is 19.4. The zero-order valence-corrected chi connectivity index (χ0v) is 10.4. The van der Waals surface area contributed by atoms with Gasteiger partial charge >= 0.3 is 0 Å². The molecule has 0 spiro atoms. The number of hydrogen-bond acceptors (Lipinski definition) is 2. The van der Waals surface area contributed by atoms with Crippen LogP contribution in [0, 0.1) is 5.41 Å². The molecule has 16 heavy (non-hydrogen) atoms. The maximum atomic E-state index is 4.43. The number of rotatable bonds is 6. The Morgan fingerprint density at radius 3 is 2.81 bits per heavy atom. The van der Waals surface area contributed by atoms with Crippen molar-refractivity contribution in [1.82, 2.24) is 10.3 Å². The maximum absolute atomic E-state index is 4.43. The molecule has 0 amide bonds. The van der Waals surface area contributed by atoms with E-state index in [2.05, 4.69) is 36.3 Å². The van der Waals surface area contributed by atoms with E-state index in [9.17, 15) is 0 Å². The van der Waals surface area contributed by atoms with Gasteiger partial charge in [0.25, 0.3) is 0 Å². The van der Waals surface area contributed by atoms with Gasteiger partial charge in [-0.1, -0.05) is 19.9 Å². The van der Waals surface area contributed by atoms with E-state index in [1.54, 1.807) is 0 Å². The summed E-state index contributed by atoms with van der Waals surface area (Å²) in [6.45, 7) is 5.73. The van der Waals surface area contributed by atoms with E-state index in [0.717, 1.165) is 13.0 Å². The first-order valence-electron chi connectivity index (χ1n) is 6.38. The number of pyridine rings is 1. The predicted octanol–water partition coefficient (Wildman–Crippen LogP) is 2.79. The van der Waals surface area contributed by atoms with Gasteiger partial charge in [-0.2, -0.15) is 0 Å². The highest BCUT2D eigenvalue weighted by molar-refractivity contribution is 5.09. The second kappa shape index (κ2) is 4.96. The Bertz CT molecular complexity index is 317. The Labute approximate surface area is 98.5 Å². The molecule has 2 nitrogen and oxygen atoms in total. The van der Waals surface area contributed by atoms with Crippen molar-refractivity contribution in [2.24, 2.45) is 5.41 Å². The van der Waals surface area contributed by atoms with E-state index in [-0.39, 0.29) is 0 Å². The molecule has 1 aliphatic carbocycles. The quantitative estimate of drug-likeness (QED) is 0.794. The van der Waals surface area contributed by atoms with Gasteiger partial charge in [-0.05, 0) is 43.4 Å². The van der Waals surface area contributed by atoms with Gasteiger partial charge in [0.15, 0.2) is 0 Å². The predicted molar refractivity (Wildman–Crippen MR) is 67.4 cm³/mol. The molecule has 1 heterocycles. The van der Waals surface area contributed by atoms with Gasteiger partial charge in [-0.25, -0.2) is 0 Å². The molecule has 1 N–H and O–H groups in total. The molecule has 1 saturated carbocycles. The van der Waals surface area contributed by atoms with Crippen molar-refractivity contribution in [2.75, 3.05) is 6.54 Å². The van der Waals surface area contributed by atoms with E-state index in [0.29, 0.717) is 11.5 Å². The highest BCUT2D eigenvalue weighted by Crippen LogP contribution is 2.48. The first kappa shape index (κ1) is 11.6. The molecule has 0 aromatic carbocycles. The number of aromatic nitrogens is 1. The smallest absolute Gasteiger partial charge is 0.0419 e. The average molecular weight is 218 g/mol. The molecule has 1 atom stereocenters. The van der Waals surface area contributed by atoms with Crippen LogP contribution in [0.4, 0.5) is 0 Å². The van der Waals surface area contributed by atoms with Crippen molar-refractivity contribution in [3.63, 3.8) is 0 Å². The minimum atomic E-state index is 0.521. The summed E-state index contributed by atoms with van der Waals surface area (Å²) in [5, 5.41) is 3.68. The van der Waals surface area contributed by atoms with Crippen LogP contribution < -0.4 is 5.32 Å². The van der Waals surface area contributed by atoms with Crippen LogP contribution in [0.2, 0.25) is 0 Å². The lowest BCUT2D eigenvalue weighted by Gasteiger charge is -2.24. The Hall–Kier alpha value is -0.890. The van der Waals surface area contributed by atoms with Gasteiger partial charge in [0.1, 0.15) is 0 Å². The zero-order chi connectivity index (χ0) is 11.4. The molecule has 1 aromatic rings. The highest BCUT2D eigenvalue weighted by atomic mass is 14.9. The minimum Gasteiger partial charge on any atom is -0.313 e. The third-order valence-corrected chi connectivity index (χ3v) is 3.66. The van der Waals surface area contributed by atoms with Gasteiger partial charge < -0.3 is 5.32 Å². The number of hydrogen-bond donors (Lipinski definition) is 1. The fraction of sp³-hybridized carbons (Fsp3) is 0.643. The van der Waals surface area contributed by atoms with E-state index in [1.807, 2.05) is 12.3 Å². The molecular formula is C14H22N2. The summed E-state index contributed by atoms with van der Waals surface area (Å²) in [6.07, 6.45) is 6.88. The van der Waals surface area contributed by atoms with Crippen LogP contribution in [0.15, 0.2) is 24.4 Å². The van der Waals surface area contributed by atoms with Crippen LogP contribution in [-0.2, 0) is 6.42 Å². The average Bonchev–Trinajstić information content (AvgIpc) is 3.05. The minimum absolute atomic E-state index is 0.521. The van der Waals surface area contributed by atoms with Crippen molar-refractivity contribution in [3.8, 4) is 0 Å². The summed E-state index contributed by atoms with van der Waals surface area (Å²) in [7, 11) is 0. The van der Waals surface area contributed by atoms with E-state index >= 15 is 0 Å². The molecule has 88 valence electrons. The second-order valence-electron chi connectivity index (χ2n) is 5.19. The molecule has 1 aliphatic rings. The Morgan fingerprint density at radius 2 is 2.25 bits per heavy atom. The molecule has 0 bridgehead atoms. The summed E-state index contributed by atoms with van der Waals surface area (Å²) in [5.41, 5.74) is 1.73. The largest absolute Gasteiger partial charge is 0.313 e. The van der Waals surface area contributed by atoms with E-state index < -0.39 is 0 Å². The molecule has 0 saturated heterocycles. The fourth-order valence-corrected chi connectivity index (χ4v) is 2.16. The van der Waals surface area contributed by atoms with Gasteiger partial charge in [-0.15, -0.1) is 0 Å². The lowest BCUT2D eigenvalue weighted by molar-refractivity contribution is 0.352. The highest BCUT2D eigenvalue weighted by Gasteiger charge is 2.44. The fourth-order valence-electron chi connectivity index (χ4n) is 2.16. The van der Waals surface area contributed by atoms with E-state index in [4.69, 9.17) is 0 Å². The van der Waals surface area contributed by atoms with Gasteiger partial charge in [0.2, 0.25) is 0 Å². The van der Waals surface area contributed by atoms with E-state index in [1.165, 1.54) is 25.0 Å². The molecule has 1 aromatic heterocycles. The molecule has 0 radical (unpaired) electrons. The van der Waals surface area contributed by atoms with Crippen LogP contribution in [0.1, 0.15) is 38.8 Å². The molecule has 2 heteroatoms. The zero-order valence-electron chi connectivity index (χ0n) is 10.4. The van der Waals surface area contributed by atoms with Crippen molar-refractivity contribution in [3.05, 3.63) is 30.1 Å². The molecule has 2 rings (SSSR count). The van der Waals surface area contributed by atoms with Gasteiger partial charge in [0, 0.05) is 24.4 Å². The van der Waals surface area contributed by atoms with Crippen molar-refractivity contribution < 1.29 is 0 Å². The molecular weight excluding hydrogens is 196 g/mol. The summed E-state index contributed by atoms with van der Waals surface area (Å²) in [5.74, 6) is 0. The summed E-state index contributed by atoms with van der Waals surface area (Å²) >= 11 is 0. The molecule has 1 unspecified atom stereocenters. The van der Waals surface area contributed by atoms with Crippen LogP contribution in [0.3, 0.4) is 0 Å². The second-order valence-corrected chi connectivity index (χ2v) is 5.19. The summed E-state index contributed by atoms with van der Waals surface area (Å²) < 4.78 is 0. The summed E-state index contributed by atoms with van der Waals surface area (Å²) in [4.78, 5) is 4.43. The van der Waals surface area contributed by atoms with Gasteiger partial charge in [0.05, 0.1) is 0 Å². The third-order valence-electron chi connectivity index (χ3n) is 3.66. The lowest BCUT2D eigenvalue weighted by Crippen LogP contribution is -2.38. The topological polar surface area (TPSA) is 24.9 Å². The van der Waals surface area contributed by atoms with Crippen LogP contribution in [0.5, 0.6) is 0 Å².